The summed E-state index contributed by atoms with van der Waals surface area (Å²) in [5.74, 6) is 1.12. The monoisotopic (exact) mass is 558 g/mol. The minimum absolute atomic E-state index is 0.0949. The molecule has 0 heterocycles. The Kier molecular flexibility index (Phi) is 8.88. The van der Waals surface area contributed by atoms with Crippen molar-refractivity contribution >= 4 is 44.0 Å². The lowest BCUT2D eigenvalue weighted by Gasteiger charge is -2.09. The Morgan fingerprint density at radius 1 is 1.00 bits per heavy atom. The molecule has 0 aliphatic heterocycles. The van der Waals surface area contributed by atoms with Crippen molar-refractivity contribution in [1.82, 2.24) is 5.43 Å². The third-order valence-electron chi connectivity index (χ3n) is 4.58. The van der Waals surface area contributed by atoms with Crippen LogP contribution in [-0.2, 0) is 17.8 Å². The van der Waals surface area contributed by atoms with Gasteiger partial charge in [0, 0.05) is 14.5 Å². The highest BCUT2D eigenvalue weighted by Crippen LogP contribution is 2.23. The van der Waals surface area contributed by atoms with E-state index in [0.29, 0.717) is 12.4 Å². The van der Waals surface area contributed by atoms with Gasteiger partial charge in [-0.25, -0.2) is 5.43 Å². The van der Waals surface area contributed by atoms with E-state index in [0.717, 1.165) is 37.8 Å². The maximum atomic E-state index is 12.0. The molecule has 1 N–H and O–H groups in total. The van der Waals surface area contributed by atoms with Crippen LogP contribution in [0, 0.1) is 6.92 Å². The van der Waals surface area contributed by atoms with Gasteiger partial charge in [0.05, 0.1) is 6.21 Å². The minimum Gasteiger partial charge on any atom is -0.489 e. The molecule has 0 bridgehead atoms. The average molecular weight is 560 g/mol. The molecule has 3 rings (SSSR count). The Morgan fingerprint density at radius 2 is 1.78 bits per heavy atom. The lowest BCUT2D eigenvalue weighted by molar-refractivity contribution is -0.123. The highest BCUT2D eigenvalue weighted by atomic mass is 79.9. The van der Waals surface area contributed by atoms with E-state index in [4.69, 9.17) is 9.47 Å². The van der Waals surface area contributed by atoms with Crippen molar-refractivity contribution in [3.05, 3.63) is 91.9 Å². The molecule has 0 unspecified atom stereocenters. The first-order chi connectivity index (χ1) is 15.4. The maximum Gasteiger partial charge on any atom is 0.277 e. The number of hydrogen-bond donors (Lipinski definition) is 1. The second-order valence-electron chi connectivity index (χ2n) is 7.18. The zero-order chi connectivity index (χ0) is 22.9. The number of nitrogens with zero attached hydrogens (tertiary/aromatic N) is 1. The van der Waals surface area contributed by atoms with Gasteiger partial charge in [-0.05, 0) is 78.6 Å². The molecule has 166 valence electrons. The Bertz CT molecular complexity index is 1100. The van der Waals surface area contributed by atoms with E-state index in [1.165, 1.54) is 5.56 Å². The number of hydrazone groups is 1. The Labute approximate surface area is 205 Å². The van der Waals surface area contributed by atoms with Crippen molar-refractivity contribution in [2.45, 2.75) is 26.9 Å². The summed E-state index contributed by atoms with van der Waals surface area (Å²) in [6.45, 7) is 4.45. The fraction of sp³-hybridized carbons (Fsp3) is 0.200. The highest BCUT2D eigenvalue weighted by molar-refractivity contribution is 9.11. The first kappa shape index (κ1) is 24.0. The SMILES string of the molecule is CCc1cc(C)cc(OCC(=O)N/N=C/c2ccc(OCc3ccc(Br)cc3Br)cc2)c1. The van der Waals surface area contributed by atoms with Crippen molar-refractivity contribution < 1.29 is 14.3 Å². The van der Waals surface area contributed by atoms with Crippen molar-refractivity contribution in [3.8, 4) is 11.5 Å². The molecule has 32 heavy (non-hydrogen) atoms. The van der Waals surface area contributed by atoms with E-state index in [9.17, 15) is 4.79 Å². The van der Waals surface area contributed by atoms with Gasteiger partial charge in [0.25, 0.3) is 5.91 Å². The number of nitrogens with one attached hydrogen (secondary N) is 1. The van der Waals surface area contributed by atoms with Gasteiger partial charge in [0.1, 0.15) is 18.1 Å². The largest absolute Gasteiger partial charge is 0.489 e. The standard InChI is InChI=1S/C25H24Br2N2O3/c1-3-18-10-17(2)11-23(12-18)32-16-25(30)29-28-14-19-4-8-22(9-5-19)31-15-20-6-7-21(26)13-24(20)27/h4-14H,3,15-16H2,1-2H3,(H,29,30)/b28-14+. The molecule has 3 aromatic carbocycles. The summed E-state index contributed by atoms with van der Waals surface area (Å²) in [6, 6.07) is 19.4. The molecule has 0 saturated heterocycles. The summed E-state index contributed by atoms with van der Waals surface area (Å²) in [7, 11) is 0. The molecule has 3 aromatic rings. The molecule has 0 aliphatic carbocycles. The summed E-state index contributed by atoms with van der Waals surface area (Å²) in [4.78, 5) is 12.0. The van der Waals surface area contributed by atoms with Gasteiger partial charge in [-0.3, -0.25) is 4.79 Å². The van der Waals surface area contributed by atoms with Crippen molar-refractivity contribution in [1.29, 1.82) is 0 Å². The fourth-order valence-electron chi connectivity index (χ4n) is 2.92. The Morgan fingerprint density at radius 3 is 2.50 bits per heavy atom. The molecule has 0 atom stereocenters. The van der Waals surface area contributed by atoms with E-state index in [1.54, 1.807) is 6.21 Å². The van der Waals surface area contributed by atoms with Gasteiger partial charge < -0.3 is 9.47 Å². The van der Waals surface area contributed by atoms with Crippen LogP contribution in [0.4, 0.5) is 0 Å². The van der Waals surface area contributed by atoms with E-state index in [-0.39, 0.29) is 12.5 Å². The minimum atomic E-state index is -0.319. The van der Waals surface area contributed by atoms with Crippen LogP contribution >= 0.6 is 31.9 Å². The third kappa shape index (κ3) is 7.50. The smallest absolute Gasteiger partial charge is 0.277 e. The number of rotatable bonds is 9. The second kappa shape index (κ2) is 11.8. The van der Waals surface area contributed by atoms with Gasteiger partial charge >= 0.3 is 0 Å². The normalized spacial score (nSPS) is 10.9. The van der Waals surface area contributed by atoms with Gasteiger partial charge in [-0.2, -0.15) is 5.10 Å². The topological polar surface area (TPSA) is 59.9 Å². The van der Waals surface area contributed by atoms with Crippen LogP contribution in [0.15, 0.2) is 74.7 Å². The number of ether oxygens (including phenoxy) is 2. The van der Waals surface area contributed by atoms with Crippen LogP contribution in [0.1, 0.15) is 29.2 Å². The van der Waals surface area contributed by atoms with Gasteiger partial charge in [-0.15, -0.1) is 0 Å². The van der Waals surface area contributed by atoms with Crippen LogP contribution in [0.25, 0.3) is 0 Å². The Hall–Kier alpha value is -2.64. The van der Waals surface area contributed by atoms with Crippen LogP contribution in [0.3, 0.4) is 0 Å². The number of carbonyl (C=O) groups is 1. The molecule has 0 saturated carbocycles. The van der Waals surface area contributed by atoms with Crippen LogP contribution in [0.2, 0.25) is 0 Å². The van der Waals surface area contributed by atoms with E-state index >= 15 is 0 Å². The number of aryl methyl sites for hydroxylation is 2. The fourth-order valence-corrected chi connectivity index (χ4v) is 4.08. The quantitative estimate of drug-likeness (QED) is 0.251. The van der Waals surface area contributed by atoms with Crippen molar-refractivity contribution in [2.75, 3.05) is 6.61 Å². The first-order valence-electron chi connectivity index (χ1n) is 10.1. The van der Waals surface area contributed by atoms with Crippen LogP contribution in [0.5, 0.6) is 11.5 Å². The number of hydrogen-bond acceptors (Lipinski definition) is 4. The number of halogens is 2. The molecular weight excluding hydrogens is 536 g/mol. The average Bonchev–Trinajstić information content (AvgIpc) is 2.77. The zero-order valence-electron chi connectivity index (χ0n) is 17.9. The third-order valence-corrected chi connectivity index (χ3v) is 5.81. The zero-order valence-corrected chi connectivity index (χ0v) is 21.1. The second-order valence-corrected chi connectivity index (χ2v) is 8.95. The van der Waals surface area contributed by atoms with Crippen molar-refractivity contribution in [3.63, 3.8) is 0 Å². The first-order valence-corrected chi connectivity index (χ1v) is 11.7. The Balaban J connectivity index is 1.45. The summed E-state index contributed by atoms with van der Waals surface area (Å²) in [5.41, 5.74) is 6.66. The number of amides is 1. The summed E-state index contributed by atoms with van der Waals surface area (Å²) in [6.07, 6.45) is 2.50. The lowest BCUT2D eigenvalue weighted by atomic mass is 10.1. The van der Waals surface area contributed by atoms with Crippen LogP contribution < -0.4 is 14.9 Å². The van der Waals surface area contributed by atoms with Crippen LogP contribution in [-0.4, -0.2) is 18.7 Å². The molecule has 0 fully saturated rings. The summed E-state index contributed by atoms with van der Waals surface area (Å²) < 4.78 is 13.4. The van der Waals surface area contributed by atoms with E-state index < -0.39 is 0 Å². The number of benzene rings is 3. The molecule has 5 nitrogen and oxygen atoms in total. The van der Waals surface area contributed by atoms with E-state index in [2.05, 4.69) is 55.4 Å². The molecular formula is C25H24Br2N2O3. The highest BCUT2D eigenvalue weighted by Gasteiger charge is 2.04. The summed E-state index contributed by atoms with van der Waals surface area (Å²) in [5, 5.41) is 3.99. The predicted molar refractivity (Wildman–Crippen MR) is 134 cm³/mol. The molecule has 7 heteroatoms. The maximum absolute atomic E-state index is 12.0. The number of carbonyl (C=O) groups excluding carboxylic acids is 1. The molecule has 0 aliphatic rings. The van der Waals surface area contributed by atoms with Gasteiger partial charge in [-0.1, -0.05) is 50.9 Å². The molecule has 0 radical (unpaired) electrons. The molecule has 0 spiro atoms. The molecule has 1 amide bonds. The lowest BCUT2D eigenvalue weighted by Crippen LogP contribution is -2.24. The summed E-state index contributed by atoms with van der Waals surface area (Å²) >= 11 is 6.98. The van der Waals surface area contributed by atoms with E-state index in [1.807, 2.05) is 61.5 Å². The predicted octanol–water partition coefficient (Wildman–Crippen LogP) is 6.19. The van der Waals surface area contributed by atoms with Crippen molar-refractivity contribution in [2.24, 2.45) is 5.10 Å². The van der Waals surface area contributed by atoms with Gasteiger partial charge in [0.15, 0.2) is 6.61 Å². The van der Waals surface area contributed by atoms with Gasteiger partial charge in [0.2, 0.25) is 0 Å². The molecule has 0 aromatic heterocycles.